The number of benzene rings is 1. The first kappa shape index (κ1) is 13.3. The number of nitrogens with one attached hydrogen (secondary N) is 1. The average molecular weight is 308 g/mol. The van der Waals surface area contributed by atoms with E-state index in [-0.39, 0.29) is 0 Å². The molecule has 0 saturated carbocycles. The molecule has 0 unspecified atom stereocenters. The van der Waals surface area contributed by atoms with Crippen LogP contribution in [0.4, 0.5) is 0 Å². The number of hydrogen-bond acceptors (Lipinski definition) is 2. The molecule has 0 fully saturated rings. The van der Waals surface area contributed by atoms with Gasteiger partial charge in [0, 0.05) is 12.1 Å². The molecule has 0 amide bonds. The summed E-state index contributed by atoms with van der Waals surface area (Å²) in [5.41, 5.74) is 11.2. The minimum absolute atomic E-state index is 0.455. The fourth-order valence-corrected chi connectivity index (χ4v) is 2.48. The van der Waals surface area contributed by atoms with Gasteiger partial charge in [-0.15, -0.1) is 0 Å². The second-order valence-electron chi connectivity index (χ2n) is 4.80. The molecule has 3 nitrogen and oxygen atoms in total. The van der Waals surface area contributed by atoms with Crippen LogP contribution in [-0.2, 0) is 6.54 Å². The second-order valence-corrected chi connectivity index (χ2v) is 5.59. The molecule has 0 atom stereocenters. The molecule has 0 aliphatic heterocycles. The van der Waals surface area contributed by atoms with Crippen molar-refractivity contribution < 1.29 is 0 Å². The van der Waals surface area contributed by atoms with Gasteiger partial charge in [0.1, 0.15) is 5.69 Å². The van der Waals surface area contributed by atoms with Crippen molar-refractivity contribution in [2.24, 2.45) is 5.73 Å². The number of rotatable bonds is 3. The molecule has 0 radical (unpaired) electrons. The molecular weight excluding hydrogens is 290 g/mol. The summed E-state index contributed by atoms with van der Waals surface area (Å²) in [4.78, 5) is 0. The number of aryl methyl sites for hydroxylation is 1. The van der Waals surface area contributed by atoms with E-state index >= 15 is 0 Å². The Balaban J connectivity index is 2.55. The Kier molecular flexibility index (Phi) is 3.88. The lowest BCUT2D eigenvalue weighted by Gasteiger charge is -2.10. The van der Waals surface area contributed by atoms with Crippen molar-refractivity contribution in [2.45, 2.75) is 33.2 Å². The molecule has 3 N–H and O–H groups in total. The van der Waals surface area contributed by atoms with Crippen LogP contribution in [0.15, 0.2) is 22.7 Å². The van der Waals surface area contributed by atoms with Gasteiger partial charge < -0.3 is 5.73 Å². The number of aromatic amines is 1. The third-order valence-electron chi connectivity index (χ3n) is 3.16. The predicted molar refractivity (Wildman–Crippen MR) is 78.4 cm³/mol. The van der Waals surface area contributed by atoms with Crippen LogP contribution < -0.4 is 5.73 Å². The molecule has 0 spiro atoms. The third kappa shape index (κ3) is 2.35. The summed E-state index contributed by atoms with van der Waals surface area (Å²) < 4.78 is 0.967. The lowest BCUT2D eigenvalue weighted by atomic mass is 9.96. The zero-order valence-corrected chi connectivity index (χ0v) is 12.5. The van der Waals surface area contributed by atoms with Gasteiger partial charge in [0.2, 0.25) is 0 Å². The van der Waals surface area contributed by atoms with Gasteiger partial charge in [0.05, 0.1) is 10.2 Å². The van der Waals surface area contributed by atoms with Crippen molar-refractivity contribution in [1.29, 1.82) is 0 Å². The van der Waals surface area contributed by atoms with Crippen molar-refractivity contribution >= 4 is 15.9 Å². The van der Waals surface area contributed by atoms with Crippen LogP contribution in [0.25, 0.3) is 11.3 Å². The standard InChI is InChI=1S/C14H18BrN3/c1-8(2)10-5-4-9(3)11(6-10)14-13(15)12(7-16)17-18-14/h4-6,8H,7,16H2,1-3H3,(H,17,18). The van der Waals surface area contributed by atoms with Gasteiger partial charge in [-0.05, 0) is 46.0 Å². The van der Waals surface area contributed by atoms with Crippen molar-refractivity contribution in [3.63, 3.8) is 0 Å². The topological polar surface area (TPSA) is 54.7 Å². The Morgan fingerprint density at radius 3 is 2.67 bits per heavy atom. The summed E-state index contributed by atoms with van der Waals surface area (Å²) in [6, 6.07) is 6.53. The minimum Gasteiger partial charge on any atom is -0.325 e. The molecule has 0 aliphatic rings. The number of nitrogens with zero attached hydrogens (tertiary/aromatic N) is 1. The quantitative estimate of drug-likeness (QED) is 0.907. The smallest absolute Gasteiger partial charge is 0.107 e. The fraction of sp³-hybridized carbons (Fsp3) is 0.357. The Morgan fingerprint density at radius 1 is 1.39 bits per heavy atom. The Labute approximate surface area is 116 Å². The van der Waals surface area contributed by atoms with E-state index in [1.165, 1.54) is 11.1 Å². The van der Waals surface area contributed by atoms with E-state index in [1.807, 2.05) is 0 Å². The molecular formula is C14H18BrN3. The van der Waals surface area contributed by atoms with Crippen LogP contribution in [0, 0.1) is 6.92 Å². The second kappa shape index (κ2) is 5.24. The highest BCUT2D eigenvalue weighted by molar-refractivity contribution is 9.10. The molecule has 2 rings (SSSR count). The Bertz CT molecular complexity index is 558. The molecule has 1 aromatic heterocycles. The van der Waals surface area contributed by atoms with E-state index in [0.29, 0.717) is 12.5 Å². The summed E-state index contributed by atoms with van der Waals surface area (Å²) in [7, 11) is 0. The van der Waals surface area contributed by atoms with E-state index in [0.717, 1.165) is 21.4 Å². The molecule has 0 bridgehead atoms. The van der Waals surface area contributed by atoms with Crippen LogP contribution in [0.1, 0.15) is 36.6 Å². The largest absolute Gasteiger partial charge is 0.325 e. The zero-order valence-electron chi connectivity index (χ0n) is 10.9. The molecule has 18 heavy (non-hydrogen) atoms. The van der Waals surface area contributed by atoms with E-state index in [2.05, 4.69) is 65.1 Å². The maximum atomic E-state index is 5.66. The van der Waals surface area contributed by atoms with Crippen LogP contribution in [-0.4, -0.2) is 10.2 Å². The van der Waals surface area contributed by atoms with Crippen molar-refractivity contribution in [3.8, 4) is 11.3 Å². The highest BCUT2D eigenvalue weighted by atomic mass is 79.9. The van der Waals surface area contributed by atoms with E-state index < -0.39 is 0 Å². The van der Waals surface area contributed by atoms with Gasteiger partial charge in [-0.25, -0.2) is 0 Å². The van der Waals surface area contributed by atoms with E-state index in [1.54, 1.807) is 0 Å². The van der Waals surface area contributed by atoms with Crippen molar-refractivity contribution in [2.75, 3.05) is 0 Å². The molecule has 0 aliphatic carbocycles. The van der Waals surface area contributed by atoms with Gasteiger partial charge in [-0.3, -0.25) is 5.10 Å². The van der Waals surface area contributed by atoms with E-state index in [4.69, 9.17) is 5.73 Å². The zero-order chi connectivity index (χ0) is 13.3. The van der Waals surface area contributed by atoms with Crippen molar-refractivity contribution in [1.82, 2.24) is 10.2 Å². The Morgan fingerprint density at radius 2 is 2.11 bits per heavy atom. The minimum atomic E-state index is 0.455. The predicted octanol–water partition coefficient (Wildman–Crippen LogP) is 3.73. The first-order valence-electron chi connectivity index (χ1n) is 6.08. The lowest BCUT2D eigenvalue weighted by Crippen LogP contribution is -1.96. The summed E-state index contributed by atoms with van der Waals surface area (Å²) in [6.07, 6.45) is 0. The summed E-state index contributed by atoms with van der Waals surface area (Å²) in [6.45, 7) is 6.94. The first-order chi connectivity index (χ1) is 8.54. The normalized spacial score (nSPS) is 11.2. The maximum absolute atomic E-state index is 5.66. The number of hydrogen-bond donors (Lipinski definition) is 2. The maximum Gasteiger partial charge on any atom is 0.107 e. The summed E-state index contributed by atoms with van der Waals surface area (Å²) >= 11 is 3.57. The van der Waals surface area contributed by atoms with Gasteiger partial charge in [0.15, 0.2) is 0 Å². The molecule has 2 aromatic rings. The fourth-order valence-electron chi connectivity index (χ4n) is 1.93. The van der Waals surface area contributed by atoms with E-state index in [9.17, 15) is 0 Å². The molecule has 1 aromatic carbocycles. The Hall–Kier alpha value is -1.13. The van der Waals surface area contributed by atoms with Crippen LogP contribution >= 0.6 is 15.9 Å². The van der Waals surface area contributed by atoms with Gasteiger partial charge in [0.25, 0.3) is 0 Å². The number of halogens is 1. The highest BCUT2D eigenvalue weighted by Crippen LogP contribution is 2.32. The van der Waals surface area contributed by atoms with Gasteiger partial charge >= 0.3 is 0 Å². The number of aromatic nitrogens is 2. The average Bonchev–Trinajstić information content (AvgIpc) is 2.70. The first-order valence-corrected chi connectivity index (χ1v) is 6.87. The highest BCUT2D eigenvalue weighted by Gasteiger charge is 2.14. The molecule has 96 valence electrons. The molecule has 0 saturated heterocycles. The number of H-pyrrole nitrogens is 1. The SMILES string of the molecule is Cc1ccc(C(C)C)cc1-c1n[nH]c(CN)c1Br. The monoisotopic (exact) mass is 307 g/mol. The molecule has 4 heteroatoms. The van der Waals surface area contributed by atoms with Crippen LogP contribution in [0.3, 0.4) is 0 Å². The number of nitrogens with two attached hydrogens (primary N) is 1. The third-order valence-corrected chi connectivity index (χ3v) is 4.02. The van der Waals surface area contributed by atoms with Crippen LogP contribution in [0.5, 0.6) is 0 Å². The lowest BCUT2D eigenvalue weighted by molar-refractivity contribution is 0.866. The molecule has 1 heterocycles. The van der Waals surface area contributed by atoms with Gasteiger partial charge in [-0.1, -0.05) is 26.0 Å². The van der Waals surface area contributed by atoms with Gasteiger partial charge in [-0.2, -0.15) is 5.10 Å². The summed E-state index contributed by atoms with van der Waals surface area (Å²) in [5.74, 6) is 0.510. The van der Waals surface area contributed by atoms with Crippen LogP contribution in [0.2, 0.25) is 0 Å². The van der Waals surface area contributed by atoms with Crippen molar-refractivity contribution in [3.05, 3.63) is 39.5 Å². The summed E-state index contributed by atoms with van der Waals surface area (Å²) in [5, 5.41) is 7.34.